The van der Waals surface area contributed by atoms with Crippen LogP contribution in [0.1, 0.15) is 39.3 Å². The Morgan fingerprint density at radius 1 is 1.10 bits per heavy atom. The zero-order valence-electron chi connectivity index (χ0n) is 13.5. The molecule has 1 aliphatic carbocycles. The van der Waals surface area contributed by atoms with Crippen LogP contribution in [0.25, 0.3) is 0 Å². The number of aromatic nitrogens is 2. The number of hydrogen-bond acceptors (Lipinski definition) is 5. The van der Waals surface area contributed by atoms with Crippen LogP contribution in [-0.4, -0.2) is 52.6 Å². The predicted molar refractivity (Wildman–Crippen MR) is 85.4 cm³/mol. The van der Waals surface area contributed by atoms with Gasteiger partial charge in [-0.3, -0.25) is 9.88 Å². The van der Waals surface area contributed by atoms with Crippen LogP contribution in [0, 0.1) is 0 Å². The highest BCUT2D eigenvalue weighted by Crippen LogP contribution is 2.28. The van der Waals surface area contributed by atoms with Crippen LogP contribution in [0.2, 0.25) is 0 Å². The van der Waals surface area contributed by atoms with E-state index in [0.29, 0.717) is 0 Å². The lowest BCUT2D eigenvalue weighted by atomic mass is 10.1. The Kier molecular flexibility index (Phi) is 4.13. The molecule has 1 aromatic heterocycles. The summed E-state index contributed by atoms with van der Waals surface area (Å²) in [7, 11) is 0. The molecular formula is C16H27N5. The summed E-state index contributed by atoms with van der Waals surface area (Å²) in [6.45, 7) is 11.7. The van der Waals surface area contributed by atoms with E-state index in [4.69, 9.17) is 0 Å². The summed E-state index contributed by atoms with van der Waals surface area (Å²) < 4.78 is 0. The van der Waals surface area contributed by atoms with Gasteiger partial charge >= 0.3 is 0 Å². The Bertz CT molecular complexity index is 453. The lowest BCUT2D eigenvalue weighted by Crippen LogP contribution is -2.47. The van der Waals surface area contributed by atoms with Gasteiger partial charge in [-0.2, -0.15) is 0 Å². The molecule has 1 N–H and O–H groups in total. The number of piperazine rings is 1. The van der Waals surface area contributed by atoms with E-state index in [1.807, 2.05) is 12.4 Å². The first kappa shape index (κ1) is 14.7. The fourth-order valence-electron chi connectivity index (χ4n) is 2.71. The van der Waals surface area contributed by atoms with Crippen LogP contribution in [0.3, 0.4) is 0 Å². The Morgan fingerprint density at radius 3 is 2.33 bits per heavy atom. The van der Waals surface area contributed by atoms with Gasteiger partial charge in [-0.15, -0.1) is 0 Å². The minimum absolute atomic E-state index is 0.111. The molecule has 3 rings (SSSR count). The van der Waals surface area contributed by atoms with Crippen molar-refractivity contribution in [2.45, 2.75) is 51.7 Å². The minimum atomic E-state index is 0.111. The highest BCUT2D eigenvalue weighted by atomic mass is 15.3. The molecule has 1 aromatic rings. The summed E-state index contributed by atoms with van der Waals surface area (Å²) >= 11 is 0. The molecule has 1 aliphatic heterocycles. The molecule has 0 radical (unpaired) electrons. The smallest absolute Gasteiger partial charge is 0.147 e. The van der Waals surface area contributed by atoms with Crippen LogP contribution in [0.4, 0.5) is 5.82 Å². The van der Waals surface area contributed by atoms with Gasteiger partial charge in [0.1, 0.15) is 5.82 Å². The summed E-state index contributed by atoms with van der Waals surface area (Å²) in [5.74, 6) is 1.02. The van der Waals surface area contributed by atoms with Crippen molar-refractivity contribution in [2.24, 2.45) is 0 Å². The number of anilines is 1. The van der Waals surface area contributed by atoms with Crippen molar-refractivity contribution in [2.75, 3.05) is 31.1 Å². The molecule has 0 spiro atoms. The Hall–Kier alpha value is -1.20. The molecule has 0 atom stereocenters. The molecule has 2 aliphatic rings. The summed E-state index contributed by atoms with van der Waals surface area (Å²) in [6, 6.07) is 0.879. The largest absolute Gasteiger partial charge is 0.353 e. The molecule has 1 saturated heterocycles. The number of nitrogens with zero attached hydrogens (tertiary/aromatic N) is 4. The van der Waals surface area contributed by atoms with Gasteiger partial charge in [0, 0.05) is 44.3 Å². The van der Waals surface area contributed by atoms with E-state index in [1.165, 1.54) is 25.9 Å². The summed E-state index contributed by atoms with van der Waals surface area (Å²) in [6.07, 6.45) is 6.62. The average molecular weight is 289 g/mol. The third-order valence-corrected chi connectivity index (χ3v) is 4.19. The Balaban J connectivity index is 1.52. The minimum Gasteiger partial charge on any atom is -0.353 e. The van der Waals surface area contributed by atoms with Crippen LogP contribution in [0.5, 0.6) is 0 Å². The summed E-state index contributed by atoms with van der Waals surface area (Å²) in [4.78, 5) is 14.1. The second-order valence-corrected chi connectivity index (χ2v) is 7.22. The third-order valence-electron chi connectivity index (χ3n) is 4.19. The average Bonchev–Trinajstić information content (AvgIpc) is 3.30. The van der Waals surface area contributed by atoms with Gasteiger partial charge in [-0.05, 0) is 33.6 Å². The highest BCUT2D eigenvalue weighted by molar-refractivity contribution is 5.36. The van der Waals surface area contributed by atoms with Gasteiger partial charge in [-0.25, -0.2) is 4.98 Å². The molecule has 5 heteroatoms. The van der Waals surface area contributed by atoms with Crippen LogP contribution >= 0.6 is 0 Å². The van der Waals surface area contributed by atoms with E-state index in [1.54, 1.807) is 0 Å². The normalized spacial score (nSPS) is 20.8. The summed E-state index contributed by atoms with van der Waals surface area (Å²) in [5, 5.41) is 3.44. The van der Waals surface area contributed by atoms with Crippen molar-refractivity contribution in [3.05, 3.63) is 18.1 Å². The van der Waals surface area contributed by atoms with Gasteiger partial charge in [0.05, 0.1) is 18.1 Å². The second kappa shape index (κ2) is 5.89. The first-order valence-electron chi connectivity index (χ1n) is 8.06. The molecule has 0 aromatic carbocycles. The van der Waals surface area contributed by atoms with Gasteiger partial charge in [0.2, 0.25) is 0 Å². The van der Waals surface area contributed by atoms with E-state index < -0.39 is 0 Å². The second-order valence-electron chi connectivity index (χ2n) is 7.22. The van der Waals surface area contributed by atoms with Crippen molar-refractivity contribution in [1.82, 2.24) is 20.2 Å². The SMILES string of the molecule is CC(C)(C)NCc1cnc(N2CCN(C3CC3)CC2)cn1. The van der Waals surface area contributed by atoms with Crippen molar-refractivity contribution in [3.8, 4) is 0 Å². The molecule has 1 saturated carbocycles. The number of hydrogen-bond donors (Lipinski definition) is 1. The number of nitrogens with one attached hydrogen (secondary N) is 1. The maximum atomic E-state index is 4.59. The monoisotopic (exact) mass is 289 g/mol. The zero-order valence-corrected chi connectivity index (χ0v) is 13.5. The molecular weight excluding hydrogens is 262 g/mol. The lowest BCUT2D eigenvalue weighted by molar-refractivity contribution is 0.247. The van der Waals surface area contributed by atoms with Gasteiger partial charge in [0.15, 0.2) is 0 Å². The van der Waals surface area contributed by atoms with Crippen LogP contribution in [0.15, 0.2) is 12.4 Å². The number of rotatable bonds is 4. The fraction of sp³-hybridized carbons (Fsp3) is 0.750. The first-order chi connectivity index (χ1) is 10.0. The fourth-order valence-corrected chi connectivity index (χ4v) is 2.71. The van der Waals surface area contributed by atoms with Gasteiger partial charge in [-0.1, -0.05) is 0 Å². The van der Waals surface area contributed by atoms with Crippen LogP contribution in [-0.2, 0) is 6.54 Å². The Labute approximate surface area is 127 Å². The van der Waals surface area contributed by atoms with Crippen molar-refractivity contribution < 1.29 is 0 Å². The van der Waals surface area contributed by atoms with Gasteiger partial charge < -0.3 is 10.2 Å². The van der Waals surface area contributed by atoms with E-state index >= 15 is 0 Å². The molecule has 0 bridgehead atoms. The van der Waals surface area contributed by atoms with E-state index in [2.05, 4.69) is 45.9 Å². The Morgan fingerprint density at radius 2 is 1.81 bits per heavy atom. The van der Waals surface area contributed by atoms with E-state index in [9.17, 15) is 0 Å². The molecule has 0 unspecified atom stereocenters. The molecule has 2 fully saturated rings. The predicted octanol–water partition coefficient (Wildman–Crippen LogP) is 1.65. The molecule has 21 heavy (non-hydrogen) atoms. The van der Waals surface area contributed by atoms with Crippen molar-refractivity contribution >= 4 is 5.82 Å². The molecule has 116 valence electrons. The maximum absolute atomic E-state index is 4.59. The molecule has 0 amide bonds. The summed E-state index contributed by atoms with van der Waals surface area (Å²) in [5.41, 5.74) is 1.12. The topological polar surface area (TPSA) is 44.3 Å². The van der Waals surface area contributed by atoms with Crippen molar-refractivity contribution in [1.29, 1.82) is 0 Å². The molecule has 5 nitrogen and oxygen atoms in total. The highest BCUT2D eigenvalue weighted by Gasteiger charge is 2.31. The van der Waals surface area contributed by atoms with Crippen molar-refractivity contribution in [3.63, 3.8) is 0 Å². The molecule has 2 heterocycles. The first-order valence-corrected chi connectivity index (χ1v) is 8.06. The zero-order chi connectivity index (χ0) is 14.9. The quantitative estimate of drug-likeness (QED) is 0.913. The third kappa shape index (κ3) is 4.14. The van der Waals surface area contributed by atoms with E-state index in [0.717, 1.165) is 37.2 Å². The maximum Gasteiger partial charge on any atom is 0.147 e. The van der Waals surface area contributed by atoms with Crippen LogP contribution < -0.4 is 10.2 Å². The lowest BCUT2D eigenvalue weighted by Gasteiger charge is -2.35. The van der Waals surface area contributed by atoms with Gasteiger partial charge in [0.25, 0.3) is 0 Å². The van der Waals surface area contributed by atoms with E-state index in [-0.39, 0.29) is 5.54 Å². The standard InChI is InChI=1S/C16H27N5/c1-16(2,3)19-11-13-10-18-15(12-17-13)21-8-6-20(7-9-21)14-4-5-14/h10,12,14,19H,4-9,11H2,1-3H3.